The number of benzene rings is 2. The van der Waals surface area contributed by atoms with Gasteiger partial charge in [-0.3, -0.25) is 0 Å². The van der Waals surface area contributed by atoms with Crippen molar-refractivity contribution in [2.24, 2.45) is 0 Å². The number of amides is 1. The van der Waals surface area contributed by atoms with Crippen LogP contribution in [-0.2, 0) is 4.74 Å². The third-order valence-electron chi connectivity index (χ3n) is 5.14. The zero-order chi connectivity index (χ0) is 22.0. The number of likely N-dealkylation sites (tertiary alicyclic amines) is 1. The Morgan fingerprint density at radius 3 is 2.58 bits per heavy atom. The zero-order valence-corrected chi connectivity index (χ0v) is 18.4. The average Bonchev–Trinajstić information content (AvgIpc) is 3.21. The van der Waals surface area contributed by atoms with Crippen molar-refractivity contribution in [2.45, 2.75) is 38.9 Å². The highest BCUT2D eigenvalue weighted by molar-refractivity contribution is 5.89. The van der Waals surface area contributed by atoms with E-state index >= 15 is 0 Å². The fourth-order valence-electron chi connectivity index (χ4n) is 3.65. The van der Waals surface area contributed by atoms with Crippen molar-refractivity contribution in [3.05, 3.63) is 54.6 Å². The summed E-state index contributed by atoms with van der Waals surface area (Å²) < 4.78 is 17.3. The normalized spacial score (nSPS) is 16.4. The quantitative estimate of drug-likeness (QED) is 0.573. The SMILES string of the molecule is COc1ccc2c(OC3CCN(C(=O)OC(C)(C)C)C3)cc(-c3ccccc3)nc2c1. The largest absolute Gasteiger partial charge is 0.497 e. The van der Waals surface area contributed by atoms with E-state index in [1.54, 1.807) is 12.0 Å². The van der Waals surface area contributed by atoms with E-state index in [-0.39, 0.29) is 12.2 Å². The molecule has 1 amide bonds. The van der Waals surface area contributed by atoms with Crippen LogP contribution in [-0.4, -0.2) is 47.9 Å². The van der Waals surface area contributed by atoms with E-state index in [1.807, 2.05) is 75.4 Å². The number of nitrogens with zero attached hydrogens (tertiary/aromatic N) is 2. The topological polar surface area (TPSA) is 60.9 Å². The Kier molecular flexibility index (Phi) is 5.72. The summed E-state index contributed by atoms with van der Waals surface area (Å²) in [5.74, 6) is 1.50. The first-order valence-electron chi connectivity index (χ1n) is 10.5. The minimum absolute atomic E-state index is 0.108. The van der Waals surface area contributed by atoms with Crippen LogP contribution in [0.15, 0.2) is 54.6 Å². The van der Waals surface area contributed by atoms with Gasteiger partial charge in [-0.05, 0) is 32.9 Å². The molecule has 6 nitrogen and oxygen atoms in total. The molecule has 1 unspecified atom stereocenters. The molecule has 3 aromatic rings. The summed E-state index contributed by atoms with van der Waals surface area (Å²) in [7, 11) is 1.64. The van der Waals surface area contributed by atoms with Crippen molar-refractivity contribution in [3.8, 4) is 22.8 Å². The van der Waals surface area contributed by atoms with Gasteiger partial charge in [-0.1, -0.05) is 30.3 Å². The number of ether oxygens (including phenoxy) is 3. The van der Waals surface area contributed by atoms with E-state index in [9.17, 15) is 4.79 Å². The van der Waals surface area contributed by atoms with Crippen LogP contribution in [0.4, 0.5) is 4.79 Å². The third kappa shape index (κ3) is 4.90. The Labute approximate surface area is 182 Å². The number of methoxy groups -OCH3 is 1. The van der Waals surface area contributed by atoms with Crippen molar-refractivity contribution in [3.63, 3.8) is 0 Å². The van der Waals surface area contributed by atoms with Gasteiger partial charge in [0.25, 0.3) is 0 Å². The van der Waals surface area contributed by atoms with Crippen LogP contribution < -0.4 is 9.47 Å². The van der Waals surface area contributed by atoms with Gasteiger partial charge in [0.15, 0.2) is 0 Å². The van der Waals surface area contributed by atoms with Crippen molar-refractivity contribution >= 4 is 17.0 Å². The lowest BCUT2D eigenvalue weighted by atomic mass is 10.1. The second-order valence-corrected chi connectivity index (χ2v) is 8.71. The molecule has 0 N–H and O–H groups in total. The van der Waals surface area contributed by atoms with Crippen LogP contribution in [0.2, 0.25) is 0 Å². The molecule has 1 aliphatic heterocycles. The van der Waals surface area contributed by atoms with Gasteiger partial charge in [0.1, 0.15) is 23.2 Å². The summed E-state index contributed by atoms with van der Waals surface area (Å²) in [5, 5.41) is 0.913. The molecular formula is C25H28N2O4. The number of fused-ring (bicyclic) bond motifs is 1. The van der Waals surface area contributed by atoms with Crippen LogP contribution in [0.25, 0.3) is 22.2 Å². The van der Waals surface area contributed by atoms with E-state index in [2.05, 4.69) is 0 Å². The Hall–Kier alpha value is -3.28. The van der Waals surface area contributed by atoms with Gasteiger partial charge in [0.2, 0.25) is 0 Å². The summed E-state index contributed by atoms with van der Waals surface area (Å²) in [6.07, 6.45) is 0.344. The first-order chi connectivity index (χ1) is 14.8. The number of carbonyl (C=O) groups is 1. The molecule has 0 bridgehead atoms. The average molecular weight is 421 g/mol. The maximum absolute atomic E-state index is 12.4. The molecule has 1 fully saturated rings. The minimum Gasteiger partial charge on any atom is -0.497 e. The van der Waals surface area contributed by atoms with Crippen LogP contribution >= 0.6 is 0 Å². The smallest absolute Gasteiger partial charge is 0.410 e. The Balaban J connectivity index is 1.62. The first-order valence-corrected chi connectivity index (χ1v) is 10.5. The maximum atomic E-state index is 12.4. The van der Waals surface area contributed by atoms with Crippen molar-refractivity contribution in [1.82, 2.24) is 9.88 Å². The number of pyridine rings is 1. The van der Waals surface area contributed by atoms with Crippen LogP contribution in [0, 0.1) is 0 Å². The summed E-state index contributed by atoms with van der Waals surface area (Å²) >= 11 is 0. The zero-order valence-electron chi connectivity index (χ0n) is 18.4. The second-order valence-electron chi connectivity index (χ2n) is 8.71. The summed E-state index contributed by atoms with van der Waals surface area (Å²) in [5.41, 5.74) is 2.14. The molecule has 0 saturated carbocycles. The van der Waals surface area contributed by atoms with E-state index in [1.165, 1.54) is 0 Å². The van der Waals surface area contributed by atoms with E-state index < -0.39 is 5.60 Å². The standard InChI is InChI=1S/C25H28N2O4/c1-25(2,3)31-24(28)27-13-12-19(16-27)30-23-15-21(17-8-6-5-7-9-17)26-22-14-18(29-4)10-11-20(22)23/h5-11,14-15,19H,12-13,16H2,1-4H3. The third-order valence-corrected chi connectivity index (χ3v) is 5.14. The van der Waals surface area contributed by atoms with Gasteiger partial charge >= 0.3 is 6.09 Å². The molecule has 31 heavy (non-hydrogen) atoms. The lowest BCUT2D eigenvalue weighted by molar-refractivity contribution is 0.0276. The van der Waals surface area contributed by atoms with Crippen molar-refractivity contribution in [1.29, 1.82) is 0 Å². The summed E-state index contributed by atoms with van der Waals surface area (Å²) in [4.78, 5) is 18.9. The number of carbonyl (C=O) groups excluding carboxylic acids is 1. The molecule has 1 atom stereocenters. The Bertz CT molecular complexity index is 1080. The summed E-state index contributed by atoms with van der Waals surface area (Å²) in [6.45, 7) is 6.73. The molecular weight excluding hydrogens is 392 g/mol. The Morgan fingerprint density at radius 2 is 1.87 bits per heavy atom. The molecule has 0 radical (unpaired) electrons. The van der Waals surface area contributed by atoms with E-state index in [4.69, 9.17) is 19.2 Å². The van der Waals surface area contributed by atoms with Gasteiger partial charge in [0, 0.05) is 36.0 Å². The van der Waals surface area contributed by atoms with E-state index in [0.29, 0.717) is 13.1 Å². The van der Waals surface area contributed by atoms with Gasteiger partial charge in [-0.15, -0.1) is 0 Å². The monoisotopic (exact) mass is 420 g/mol. The molecule has 162 valence electrons. The lowest BCUT2D eigenvalue weighted by Crippen LogP contribution is -2.36. The van der Waals surface area contributed by atoms with Gasteiger partial charge in [0.05, 0.1) is 24.9 Å². The summed E-state index contributed by atoms with van der Waals surface area (Å²) in [6, 6.07) is 17.8. The van der Waals surface area contributed by atoms with Crippen LogP contribution in [0.5, 0.6) is 11.5 Å². The molecule has 0 aliphatic carbocycles. The van der Waals surface area contributed by atoms with Crippen molar-refractivity contribution in [2.75, 3.05) is 20.2 Å². The molecule has 1 aliphatic rings. The Morgan fingerprint density at radius 1 is 1.10 bits per heavy atom. The first kappa shape index (κ1) is 21.0. The molecule has 1 aromatic heterocycles. The van der Waals surface area contributed by atoms with Crippen LogP contribution in [0.3, 0.4) is 0 Å². The van der Waals surface area contributed by atoms with Gasteiger partial charge in [-0.2, -0.15) is 0 Å². The molecule has 0 spiro atoms. The molecule has 1 saturated heterocycles. The maximum Gasteiger partial charge on any atom is 0.410 e. The molecule has 2 heterocycles. The molecule has 4 rings (SSSR count). The number of aromatic nitrogens is 1. The highest BCUT2D eigenvalue weighted by Crippen LogP contribution is 2.33. The lowest BCUT2D eigenvalue weighted by Gasteiger charge is -2.24. The van der Waals surface area contributed by atoms with Gasteiger partial charge < -0.3 is 19.1 Å². The molecule has 6 heteroatoms. The fourth-order valence-corrected chi connectivity index (χ4v) is 3.65. The number of hydrogen-bond donors (Lipinski definition) is 0. The van der Waals surface area contributed by atoms with E-state index in [0.717, 1.165) is 40.1 Å². The second kappa shape index (κ2) is 8.46. The predicted molar refractivity (Wildman–Crippen MR) is 121 cm³/mol. The fraction of sp³-hybridized carbons (Fsp3) is 0.360. The van der Waals surface area contributed by atoms with Gasteiger partial charge in [-0.25, -0.2) is 9.78 Å². The van der Waals surface area contributed by atoms with Crippen molar-refractivity contribution < 1.29 is 19.0 Å². The van der Waals surface area contributed by atoms with Crippen LogP contribution in [0.1, 0.15) is 27.2 Å². The highest BCUT2D eigenvalue weighted by atomic mass is 16.6. The predicted octanol–water partition coefficient (Wildman–Crippen LogP) is 5.30. The number of hydrogen-bond acceptors (Lipinski definition) is 5. The number of rotatable bonds is 4. The highest BCUT2D eigenvalue weighted by Gasteiger charge is 2.31. The minimum atomic E-state index is -0.513. The molecule has 2 aromatic carbocycles.